The molecule has 1 N–H and O–H groups in total. The first kappa shape index (κ1) is 8.07. The molecule has 0 amide bonds. The number of hydrogen-bond acceptors (Lipinski definition) is 2. The van der Waals surface area contributed by atoms with Gasteiger partial charge in [-0.25, -0.2) is 8.93 Å². The molecular weight excluding hydrogens is 126 g/mol. The van der Waals surface area contributed by atoms with Crippen molar-refractivity contribution in [2.75, 3.05) is 7.05 Å². The van der Waals surface area contributed by atoms with Crippen molar-refractivity contribution in [3.8, 4) is 0 Å². The molecule has 0 bridgehead atoms. The molecule has 0 aliphatic rings. The molecule has 0 saturated carbocycles. The molecule has 0 aromatic carbocycles. The highest BCUT2D eigenvalue weighted by Gasteiger charge is 1.97. The molecule has 0 rings (SSSR count). The van der Waals surface area contributed by atoms with Crippen LogP contribution in [0.5, 0.6) is 0 Å². The zero-order chi connectivity index (χ0) is 6.57. The Balaban J connectivity index is 3.25. The summed E-state index contributed by atoms with van der Waals surface area (Å²) < 4.78 is 17.6. The molecule has 0 spiro atoms. The van der Waals surface area contributed by atoms with E-state index in [-0.39, 0.29) is 6.10 Å². The Morgan fingerprint density at radius 2 is 2.12 bits per heavy atom. The fourth-order valence-corrected chi connectivity index (χ4v) is 0.669. The smallest absolute Gasteiger partial charge is 0.234 e. The lowest BCUT2D eigenvalue weighted by Gasteiger charge is -2.02. The topological polar surface area (TPSA) is 38.3 Å². The Bertz CT molecular complexity index is 84.1. The van der Waals surface area contributed by atoms with E-state index in [1.807, 2.05) is 13.8 Å². The fourth-order valence-electron chi connectivity index (χ4n) is 0.223. The maximum atomic E-state index is 10.4. The van der Waals surface area contributed by atoms with Crippen LogP contribution in [0.1, 0.15) is 13.8 Å². The van der Waals surface area contributed by atoms with Gasteiger partial charge in [0.2, 0.25) is 11.3 Å². The van der Waals surface area contributed by atoms with E-state index in [1.165, 1.54) is 0 Å². The van der Waals surface area contributed by atoms with Crippen molar-refractivity contribution in [1.82, 2.24) is 4.72 Å². The van der Waals surface area contributed by atoms with E-state index in [4.69, 9.17) is 4.18 Å². The van der Waals surface area contributed by atoms with Crippen molar-refractivity contribution < 1.29 is 8.39 Å². The molecule has 1 atom stereocenters. The molecule has 0 heterocycles. The van der Waals surface area contributed by atoms with E-state index in [0.29, 0.717) is 0 Å². The van der Waals surface area contributed by atoms with Crippen molar-refractivity contribution in [3.05, 3.63) is 0 Å². The van der Waals surface area contributed by atoms with Crippen molar-refractivity contribution in [2.45, 2.75) is 20.0 Å². The second-order valence-electron chi connectivity index (χ2n) is 1.58. The van der Waals surface area contributed by atoms with E-state index in [1.54, 1.807) is 7.05 Å². The molecule has 0 radical (unpaired) electrons. The molecule has 0 saturated heterocycles. The molecule has 0 aromatic rings. The second kappa shape index (κ2) is 4.00. The Morgan fingerprint density at radius 3 is 2.25 bits per heavy atom. The van der Waals surface area contributed by atoms with Crippen LogP contribution >= 0.6 is 0 Å². The van der Waals surface area contributed by atoms with Gasteiger partial charge in [0, 0.05) is 0 Å². The lowest BCUT2D eigenvalue weighted by molar-refractivity contribution is 0.267. The van der Waals surface area contributed by atoms with Crippen molar-refractivity contribution in [1.29, 1.82) is 0 Å². The third-order valence-corrected chi connectivity index (χ3v) is 1.34. The summed E-state index contributed by atoms with van der Waals surface area (Å²) >= 11 is -1.31. The molecule has 0 fully saturated rings. The molecule has 3 nitrogen and oxygen atoms in total. The first-order valence-electron chi connectivity index (χ1n) is 2.43. The van der Waals surface area contributed by atoms with Gasteiger partial charge in [0.25, 0.3) is 0 Å². The highest BCUT2D eigenvalue weighted by molar-refractivity contribution is 7.78. The average molecular weight is 137 g/mol. The van der Waals surface area contributed by atoms with Gasteiger partial charge in [0.1, 0.15) is 0 Å². The normalized spacial score (nSPS) is 14.5. The zero-order valence-electron chi connectivity index (χ0n) is 5.30. The van der Waals surface area contributed by atoms with E-state index < -0.39 is 11.3 Å². The minimum absolute atomic E-state index is 0.0169. The zero-order valence-corrected chi connectivity index (χ0v) is 6.12. The Kier molecular flexibility index (Phi) is 4.03. The van der Waals surface area contributed by atoms with Gasteiger partial charge < -0.3 is 0 Å². The SMILES string of the molecule is CNS(=O)OC(C)C. The van der Waals surface area contributed by atoms with Crippen LogP contribution in [0.3, 0.4) is 0 Å². The van der Waals surface area contributed by atoms with Crippen LogP contribution in [0, 0.1) is 0 Å². The lowest BCUT2D eigenvalue weighted by atomic mass is 10.5. The fraction of sp³-hybridized carbons (Fsp3) is 1.00. The summed E-state index contributed by atoms with van der Waals surface area (Å²) in [7, 11) is 1.58. The van der Waals surface area contributed by atoms with Crippen molar-refractivity contribution in [3.63, 3.8) is 0 Å². The summed E-state index contributed by atoms with van der Waals surface area (Å²) in [6.07, 6.45) is 0.0169. The quantitative estimate of drug-likeness (QED) is 0.604. The molecule has 0 aromatic heterocycles. The predicted octanol–water partition coefficient (Wildman–Crippen LogP) is 0.209. The van der Waals surface area contributed by atoms with Gasteiger partial charge in [-0.3, -0.25) is 4.18 Å². The van der Waals surface area contributed by atoms with Crippen LogP contribution < -0.4 is 4.72 Å². The van der Waals surface area contributed by atoms with Gasteiger partial charge in [-0.15, -0.1) is 0 Å². The maximum Gasteiger partial charge on any atom is 0.234 e. The van der Waals surface area contributed by atoms with E-state index in [0.717, 1.165) is 0 Å². The summed E-state index contributed by atoms with van der Waals surface area (Å²) in [6, 6.07) is 0. The largest absolute Gasteiger partial charge is 0.276 e. The third-order valence-electron chi connectivity index (χ3n) is 0.447. The van der Waals surface area contributed by atoms with Crippen LogP contribution in [0.4, 0.5) is 0 Å². The second-order valence-corrected chi connectivity index (χ2v) is 2.65. The molecule has 0 aliphatic carbocycles. The van der Waals surface area contributed by atoms with Crippen molar-refractivity contribution in [2.24, 2.45) is 0 Å². The Hall–Kier alpha value is 0.0700. The monoisotopic (exact) mass is 137 g/mol. The van der Waals surface area contributed by atoms with Crippen LogP contribution in [0.2, 0.25) is 0 Å². The highest BCUT2D eigenvalue weighted by atomic mass is 32.2. The summed E-state index contributed by atoms with van der Waals surface area (Å²) in [5.41, 5.74) is 0. The first-order chi connectivity index (χ1) is 3.66. The van der Waals surface area contributed by atoms with Gasteiger partial charge in [-0.05, 0) is 20.9 Å². The summed E-state index contributed by atoms with van der Waals surface area (Å²) in [5.74, 6) is 0. The Labute approximate surface area is 52.2 Å². The average Bonchev–Trinajstić information content (AvgIpc) is 1.65. The minimum Gasteiger partial charge on any atom is -0.276 e. The molecule has 4 heteroatoms. The van der Waals surface area contributed by atoms with E-state index >= 15 is 0 Å². The maximum absolute atomic E-state index is 10.4. The molecule has 1 unspecified atom stereocenters. The molecule has 50 valence electrons. The van der Waals surface area contributed by atoms with Gasteiger partial charge in [-0.2, -0.15) is 0 Å². The predicted molar refractivity (Wildman–Crippen MR) is 33.4 cm³/mol. The van der Waals surface area contributed by atoms with Gasteiger partial charge in [0.15, 0.2) is 0 Å². The number of nitrogens with one attached hydrogen (secondary N) is 1. The third kappa shape index (κ3) is 4.23. The van der Waals surface area contributed by atoms with E-state index in [2.05, 4.69) is 4.72 Å². The van der Waals surface area contributed by atoms with Crippen LogP contribution in [0.15, 0.2) is 0 Å². The summed E-state index contributed by atoms with van der Waals surface area (Å²) in [5, 5.41) is 0. The first-order valence-corrected chi connectivity index (χ1v) is 3.50. The van der Waals surface area contributed by atoms with E-state index in [9.17, 15) is 4.21 Å². The Morgan fingerprint density at radius 1 is 1.62 bits per heavy atom. The van der Waals surface area contributed by atoms with Crippen LogP contribution in [-0.2, 0) is 15.4 Å². The minimum atomic E-state index is -1.31. The summed E-state index contributed by atoms with van der Waals surface area (Å²) in [6.45, 7) is 3.66. The van der Waals surface area contributed by atoms with Gasteiger partial charge in [-0.1, -0.05) is 0 Å². The van der Waals surface area contributed by atoms with Gasteiger partial charge >= 0.3 is 0 Å². The molecular formula is C4H11NO2S. The molecule has 0 aliphatic heterocycles. The lowest BCUT2D eigenvalue weighted by Crippen LogP contribution is -2.17. The van der Waals surface area contributed by atoms with Crippen LogP contribution in [0.25, 0.3) is 0 Å². The highest BCUT2D eigenvalue weighted by Crippen LogP contribution is 1.88. The van der Waals surface area contributed by atoms with Crippen LogP contribution in [-0.4, -0.2) is 17.4 Å². The van der Waals surface area contributed by atoms with Crippen molar-refractivity contribution >= 4 is 11.3 Å². The number of rotatable bonds is 3. The standard InChI is InChI=1S/C4H11NO2S/c1-4(2)7-8(6)5-3/h4-5H,1-3H3. The van der Waals surface area contributed by atoms with Gasteiger partial charge in [0.05, 0.1) is 6.10 Å². The summed E-state index contributed by atoms with van der Waals surface area (Å²) in [4.78, 5) is 0. The molecule has 8 heavy (non-hydrogen) atoms. The number of hydrogen-bond donors (Lipinski definition) is 1.